The summed E-state index contributed by atoms with van der Waals surface area (Å²) in [7, 11) is 1.59. The molecule has 0 atom stereocenters. The van der Waals surface area contributed by atoms with Crippen molar-refractivity contribution in [2.45, 2.75) is 0 Å². The highest BCUT2D eigenvalue weighted by atomic mass is 127. The van der Waals surface area contributed by atoms with E-state index in [-0.39, 0.29) is 11.0 Å². The van der Waals surface area contributed by atoms with Crippen LogP contribution in [-0.4, -0.2) is 18.1 Å². The van der Waals surface area contributed by atoms with Gasteiger partial charge in [-0.3, -0.25) is 10.1 Å². The fraction of sp³-hybridized carbons (Fsp3) is 0.0667. The van der Waals surface area contributed by atoms with E-state index in [1.165, 1.54) is 0 Å². The van der Waals surface area contributed by atoms with E-state index in [1.54, 1.807) is 25.3 Å². The van der Waals surface area contributed by atoms with Crippen molar-refractivity contribution in [2.75, 3.05) is 12.4 Å². The minimum atomic E-state index is -0.260. The van der Waals surface area contributed by atoms with E-state index in [9.17, 15) is 4.79 Å². The number of amides is 1. The van der Waals surface area contributed by atoms with E-state index in [4.69, 9.17) is 17.0 Å². The monoisotopic (exact) mass is 412 g/mol. The first-order valence-electron chi connectivity index (χ1n) is 6.11. The van der Waals surface area contributed by atoms with Gasteiger partial charge in [0.2, 0.25) is 0 Å². The van der Waals surface area contributed by atoms with Crippen LogP contribution in [0.25, 0.3) is 0 Å². The zero-order chi connectivity index (χ0) is 15.2. The lowest BCUT2D eigenvalue weighted by Gasteiger charge is -2.10. The first kappa shape index (κ1) is 15.7. The number of rotatable bonds is 3. The van der Waals surface area contributed by atoms with Gasteiger partial charge in [-0.1, -0.05) is 18.2 Å². The third-order valence-electron chi connectivity index (χ3n) is 2.67. The van der Waals surface area contributed by atoms with Gasteiger partial charge < -0.3 is 10.1 Å². The number of carbonyl (C=O) groups is 1. The lowest BCUT2D eigenvalue weighted by atomic mass is 10.2. The van der Waals surface area contributed by atoms with Crippen LogP contribution in [0, 0.1) is 3.57 Å². The van der Waals surface area contributed by atoms with Crippen LogP contribution in [0.1, 0.15) is 10.4 Å². The van der Waals surface area contributed by atoms with Gasteiger partial charge in [0, 0.05) is 11.3 Å². The molecule has 0 bridgehead atoms. The predicted octanol–water partition coefficient (Wildman–Crippen LogP) is 3.43. The van der Waals surface area contributed by atoms with E-state index >= 15 is 0 Å². The second-order valence-corrected chi connectivity index (χ2v) is 5.69. The lowest BCUT2D eigenvalue weighted by molar-refractivity contribution is 0.0977. The maximum Gasteiger partial charge on any atom is 0.257 e. The van der Waals surface area contributed by atoms with Crippen LogP contribution in [0.3, 0.4) is 0 Å². The molecular formula is C15H13IN2O2S. The molecule has 0 fully saturated rings. The molecule has 0 radical (unpaired) electrons. The van der Waals surface area contributed by atoms with Gasteiger partial charge in [-0.25, -0.2) is 0 Å². The van der Waals surface area contributed by atoms with Crippen molar-refractivity contribution in [1.82, 2.24) is 5.32 Å². The van der Waals surface area contributed by atoms with E-state index in [2.05, 4.69) is 33.2 Å². The highest BCUT2D eigenvalue weighted by molar-refractivity contribution is 14.1. The Kier molecular flexibility index (Phi) is 5.51. The molecule has 0 unspecified atom stereocenters. The summed E-state index contributed by atoms with van der Waals surface area (Å²) in [5.41, 5.74) is 1.35. The van der Waals surface area contributed by atoms with Crippen LogP contribution < -0.4 is 15.4 Å². The molecule has 1 amide bonds. The Labute approximate surface area is 142 Å². The Hall–Kier alpha value is -1.67. The molecule has 0 spiro atoms. The first-order chi connectivity index (χ1) is 10.1. The van der Waals surface area contributed by atoms with Crippen LogP contribution in [0.15, 0.2) is 48.5 Å². The molecule has 2 rings (SSSR count). The molecule has 0 saturated heterocycles. The molecule has 108 valence electrons. The number of hydrogen-bond acceptors (Lipinski definition) is 3. The number of nitrogens with one attached hydrogen (secondary N) is 2. The quantitative estimate of drug-likeness (QED) is 0.599. The van der Waals surface area contributed by atoms with Gasteiger partial charge in [-0.2, -0.15) is 0 Å². The standard InChI is InChI=1S/C15H13IN2O2S/c1-20-13-8-7-10(9-12(13)16)14(19)18-15(21)17-11-5-3-2-4-6-11/h2-9H,1H3,(H2,17,18,19,21). The number of benzene rings is 2. The smallest absolute Gasteiger partial charge is 0.257 e. The SMILES string of the molecule is COc1ccc(C(=O)NC(=S)Nc2ccccc2)cc1I. The van der Waals surface area contributed by atoms with Crippen LogP contribution in [0.5, 0.6) is 5.75 Å². The minimum Gasteiger partial charge on any atom is -0.496 e. The Morgan fingerprint density at radius 3 is 2.52 bits per heavy atom. The third-order valence-corrected chi connectivity index (χ3v) is 3.72. The second-order valence-electron chi connectivity index (χ2n) is 4.12. The number of anilines is 1. The molecule has 2 N–H and O–H groups in total. The fourth-order valence-electron chi connectivity index (χ4n) is 1.67. The van der Waals surface area contributed by atoms with E-state index in [0.717, 1.165) is 15.0 Å². The first-order valence-corrected chi connectivity index (χ1v) is 7.60. The molecule has 0 aliphatic rings. The number of hydrogen-bond donors (Lipinski definition) is 2. The van der Waals surface area contributed by atoms with Gasteiger partial charge in [0.25, 0.3) is 5.91 Å². The molecule has 0 aliphatic carbocycles. The van der Waals surface area contributed by atoms with Crippen molar-refractivity contribution < 1.29 is 9.53 Å². The second kappa shape index (κ2) is 7.37. The van der Waals surface area contributed by atoms with E-state index in [1.807, 2.05) is 30.3 Å². The molecule has 21 heavy (non-hydrogen) atoms. The van der Waals surface area contributed by atoms with Crippen LogP contribution >= 0.6 is 34.8 Å². The van der Waals surface area contributed by atoms with Crippen molar-refractivity contribution >= 4 is 51.5 Å². The van der Waals surface area contributed by atoms with Crippen molar-refractivity contribution in [1.29, 1.82) is 0 Å². The Morgan fingerprint density at radius 1 is 1.19 bits per heavy atom. The van der Waals surface area contributed by atoms with Gasteiger partial charge in [0.15, 0.2) is 5.11 Å². The van der Waals surface area contributed by atoms with Crippen molar-refractivity contribution in [2.24, 2.45) is 0 Å². The van der Waals surface area contributed by atoms with E-state index < -0.39 is 0 Å². The average Bonchev–Trinajstić information content (AvgIpc) is 2.48. The molecule has 2 aromatic carbocycles. The third kappa shape index (κ3) is 4.40. The number of ether oxygens (including phenoxy) is 1. The summed E-state index contributed by atoms with van der Waals surface area (Å²) < 4.78 is 6.03. The van der Waals surface area contributed by atoms with Crippen LogP contribution in [0.2, 0.25) is 0 Å². The van der Waals surface area contributed by atoms with Gasteiger partial charge in [-0.05, 0) is 65.1 Å². The summed E-state index contributed by atoms with van der Waals surface area (Å²) in [6.45, 7) is 0. The maximum atomic E-state index is 12.1. The molecule has 4 nitrogen and oxygen atoms in total. The van der Waals surface area contributed by atoms with Crippen molar-refractivity contribution in [3.05, 3.63) is 57.7 Å². The number of halogens is 1. The maximum absolute atomic E-state index is 12.1. The Morgan fingerprint density at radius 2 is 1.90 bits per heavy atom. The number of methoxy groups -OCH3 is 1. The topological polar surface area (TPSA) is 50.4 Å². The highest BCUT2D eigenvalue weighted by Crippen LogP contribution is 2.21. The molecule has 0 saturated carbocycles. The summed E-state index contributed by atoms with van der Waals surface area (Å²) in [4.78, 5) is 12.1. The summed E-state index contributed by atoms with van der Waals surface area (Å²) in [6, 6.07) is 14.6. The van der Waals surface area contributed by atoms with Gasteiger partial charge in [0.1, 0.15) is 5.75 Å². The molecule has 0 aliphatic heterocycles. The Balaban J connectivity index is 2.01. The fourth-order valence-corrected chi connectivity index (χ4v) is 2.61. The van der Waals surface area contributed by atoms with Gasteiger partial charge in [0.05, 0.1) is 10.7 Å². The molecule has 2 aromatic rings. The molecular weight excluding hydrogens is 399 g/mol. The summed E-state index contributed by atoms with van der Waals surface area (Å²) >= 11 is 7.24. The molecule has 6 heteroatoms. The van der Waals surface area contributed by atoms with Crippen molar-refractivity contribution in [3.63, 3.8) is 0 Å². The zero-order valence-electron chi connectivity index (χ0n) is 11.2. The zero-order valence-corrected chi connectivity index (χ0v) is 14.2. The normalized spacial score (nSPS) is 9.81. The lowest BCUT2D eigenvalue weighted by Crippen LogP contribution is -2.34. The number of thiocarbonyl (C=S) groups is 1. The largest absolute Gasteiger partial charge is 0.496 e. The summed E-state index contributed by atoms with van der Waals surface area (Å²) in [6.07, 6.45) is 0. The number of para-hydroxylation sites is 1. The van der Waals surface area contributed by atoms with Gasteiger partial charge in [-0.15, -0.1) is 0 Å². The molecule has 0 aromatic heterocycles. The van der Waals surface area contributed by atoms with Gasteiger partial charge >= 0.3 is 0 Å². The average molecular weight is 412 g/mol. The Bertz CT molecular complexity index is 662. The number of carbonyl (C=O) groups excluding carboxylic acids is 1. The van der Waals surface area contributed by atoms with Crippen LogP contribution in [0.4, 0.5) is 5.69 Å². The summed E-state index contributed by atoms with van der Waals surface area (Å²) in [5.74, 6) is 0.473. The predicted molar refractivity (Wildman–Crippen MR) is 95.8 cm³/mol. The summed E-state index contributed by atoms with van der Waals surface area (Å²) in [5, 5.41) is 5.86. The minimum absolute atomic E-state index is 0.260. The highest BCUT2D eigenvalue weighted by Gasteiger charge is 2.10. The van der Waals surface area contributed by atoms with Crippen LogP contribution in [-0.2, 0) is 0 Å². The van der Waals surface area contributed by atoms with Crippen molar-refractivity contribution in [3.8, 4) is 5.75 Å². The van der Waals surface area contributed by atoms with E-state index in [0.29, 0.717) is 5.56 Å². The molecule has 0 heterocycles.